The third-order valence-electron chi connectivity index (χ3n) is 2.04. The maximum Gasteiger partial charge on any atom is 0.142 e. The van der Waals surface area contributed by atoms with Gasteiger partial charge in [-0.15, -0.1) is 0 Å². The number of hydrazone groups is 1. The van der Waals surface area contributed by atoms with Crippen molar-refractivity contribution in [2.45, 2.75) is 19.3 Å². The van der Waals surface area contributed by atoms with E-state index in [-0.39, 0.29) is 5.83 Å². The van der Waals surface area contributed by atoms with Crippen molar-refractivity contribution >= 4 is 5.71 Å². The Kier molecular flexibility index (Phi) is 2.62. The molecule has 1 aliphatic heterocycles. The molecule has 0 N–H and O–H groups in total. The van der Waals surface area contributed by atoms with E-state index in [0.29, 0.717) is 12.1 Å². The normalized spacial score (nSPS) is 23.6. The topological polar surface area (TPSA) is 24.8 Å². The average Bonchev–Trinajstić information content (AvgIpc) is 2.23. The summed E-state index contributed by atoms with van der Waals surface area (Å²) >= 11 is 0. The molecule has 0 aromatic rings. The lowest BCUT2D eigenvalue weighted by Crippen LogP contribution is -2.11. The summed E-state index contributed by atoms with van der Waals surface area (Å²) in [5.41, 5.74) is 0.507. The minimum Gasteiger partial charge on any atom is -0.469 e. The molecule has 0 amide bonds. The summed E-state index contributed by atoms with van der Waals surface area (Å²) in [6.45, 7) is 0. The standard InChI is InChI=1S/C10H11FN2O/c11-9-3-1-2-4-10(9)12-13-5-7-14-8-6-13/h3,5-8H,1-2,4H2. The van der Waals surface area contributed by atoms with Gasteiger partial charge in [-0.2, -0.15) is 5.10 Å². The number of allylic oxidation sites excluding steroid dienone is 2. The van der Waals surface area contributed by atoms with Gasteiger partial charge in [0.1, 0.15) is 18.4 Å². The maximum atomic E-state index is 13.2. The van der Waals surface area contributed by atoms with Gasteiger partial charge in [-0.25, -0.2) is 9.40 Å². The summed E-state index contributed by atoms with van der Waals surface area (Å²) in [4.78, 5) is 0. The van der Waals surface area contributed by atoms with Crippen molar-refractivity contribution in [2.24, 2.45) is 5.10 Å². The second-order valence-corrected chi connectivity index (χ2v) is 3.08. The van der Waals surface area contributed by atoms with Crippen LogP contribution in [0.25, 0.3) is 0 Å². The number of ether oxygens (including phenoxy) is 1. The Bertz CT molecular complexity index is 319. The Balaban J connectivity index is 2.12. The molecule has 0 aromatic carbocycles. The molecule has 0 spiro atoms. The van der Waals surface area contributed by atoms with E-state index < -0.39 is 0 Å². The fraction of sp³-hybridized carbons (Fsp3) is 0.300. The molecular weight excluding hydrogens is 183 g/mol. The average molecular weight is 194 g/mol. The predicted octanol–water partition coefficient (Wildman–Crippen LogP) is 2.65. The summed E-state index contributed by atoms with van der Waals surface area (Å²) in [7, 11) is 0. The van der Waals surface area contributed by atoms with Crippen molar-refractivity contribution in [1.29, 1.82) is 0 Å². The van der Waals surface area contributed by atoms with Gasteiger partial charge in [0.2, 0.25) is 0 Å². The number of hydrogen-bond acceptors (Lipinski definition) is 3. The van der Waals surface area contributed by atoms with Gasteiger partial charge in [-0.3, -0.25) is 0 Å². The van der Waals surface area contributed by atoms with Gasteiger partial charge in [-0.1, -0.05) is 0 Å². The lowest BCUT2D eigenvalue weighted by Gasteiger charge is -2.15. The quantitative estimate of drug-likeness (QED) is 0.641. The summed E-state index contributed by atoms with van der Waals surface area (Å²) in [5.74, 6) is -0.204. The molecule has 1 aliphatic carbocycles. The highest BCUT2D eigenvalue weighted by molar-refractivity contribution is 5.98. The molecule has 0 radical (unpaired) electrons. The fourth-order valence-corrected chi connectivity index (χ4v) is 1.33. The van der Waals surface area contributed by atoms with E-state index in [1.807, 2.05) is 0 Å². The summed E-state index contributed by atoms with van der Waals surface area (Å²) in [5, 5.41) is 5.67. The van der Waals surface area contributed by atoms with Crippen LogP contribution in [0.1, 0.15) is 19.3 Å². The van der Waals surface area contributed by atoms with E-state index in [4.69, 9.17) is 4.74 Å². The minimum absolute atomic E-state index is 0.204. The maximum absolute atomic E-state index is 13.2. The van der Waals surface area contributed by atoms with Crippen molar-refractivity contribution in [3.05, 3.63) is 36.8 Å². The highest BCUT2D eigenvalue weighted by Gasteiger charge is 2.12. The lowest BCUT2D eigenvalue weighted by molar-refractivity contribution is 0.349. The van der Waals surface area contributed by atoms with Crippen molar-refractivity contribution in [3.63, 3.8) is 0 Å². The highest BCUT2D eigenvalue weighted by Crippen LogP contribution is 2.17. The Morgan fingerprint density at radius 2 is 2.14 bits per heavy atom. The van der Waals surface area contributed by atoms with Gasteiger partial charge in [0, 0.05) is 0 Å². The zero-order chi connectivity index (χ0) is 9.80. The third-order valence-corrected chi connectivity index (χ3v) is 2.04. The molecular formula is C10H11FN2O. The summed E-state index contributed by atoms with van der Waals surface area (Å²) < 4.78 is 18.1. The van der Waals surface area contributed by atoms with Gasteiger partial charge in [0.05, 0.1) is 18.1 Å². The second kappa shape index (κ2) is 4.09. The fourth-order valence-electron chi connectivity index (χ4n) is 1.33. The van der Waals surface area contributed by atoms with Gasteiger partial charge in [0.15, 0.2) is 0 Å². The first-order valence-electron chi connectivity index (χ1n) is 4.57. The molecule has 3 nitrogen and oxygen atoms in total. The van der Waals surface area contributed by atoms with E-state index in [0.717, 1.165) is 12.8 Å². The van der Waals surface area contributed by atoms with Gasteiger partial charge in [0.25, 0.3) is 0 Å². The van der Waals surface area contributed by atoms with Crippen molar-refractivity contribution in [3.8, 4) is 0 Å². The molecule has 0 atom stereocenters. The molecule has 2 rings (SSSR count). The van der Waals surface area contributed by atoms with E-state index in [2.05, 4.69) is 5.10 Å². The SMILES string of the molecule is FC1=CCCCC1=NN1C=COC=C1. The van der Waals surface area contributed by atoms with Crippen LogP contribution in [0.5, 0.6) is 0 Å². The lowest BCUT2D eigenvalue weighted by atomic mass is 10.1. The zero-order valence-electron chi connectivity index (χ0n) is 7.69. The monoisotopic (exact) mass is 194 g/mol. The highest BCUT2D eigenvalue weighted by atomic mass is 19.1. The number of halogens is 1. The van der Waals surface area contributed by atoms with E-state index in [1.165, 1.54) is 17.5 Å². The molecule has 2 aliphatic rings. The van der Waals surface area contributed by atoms with Crippen LogP contribution in [0, 0.1) is 0 Å². The van der Waals surface area contributed by atoms with Crippen LogP contribution in [-0.2, 0) is 4.74 Å². The molecule has 0 bridgehead atoms. The van der Waals surface area contributed by atoms with Crippen LogP contribution in [-0.4, -0.2) is 10.7 Å². The second-order valence-electron chi connectivity index (χ2n) is 3.08. The molecule has 0 aromatic heterocycles. The zero-order valence-corrected chi connectivity index (χ0v) is 7.69. The van der Waals surface area contributed by atoms with Gasteiger partial charge in [-0.05, 0) is 25.3 Å². The van der Waals surface area contributed by atoms with E-state index in [1.54, 1.807) is 18.5 Å². The first kappa shape index (κ1) is 8.99. The van der Waals surface area contributed by atoms with E-state index in [9.17, 15) is 4.39 Å². The molecule has 0 saturated heterocycles. The summed E-state index contributed by atoms with van der Waals surface area (Å²) in [6.07, 6.45) is 10.3. The van der Waals surface area contributed by atoms with Crippen molar-refractivity contribution in [1.82, 2.24) is 5.01 Å². The Morgan fingerprint density at radius 3 is 2.86 bits per heavy atom. The van der Waals surface area contributed by atoms with Gasteiger partial charge < -0.3 is 4.74 Å². The smallest absolute Gasteiger partial charge is 0.142 e. The Morgan fingerprint density at radius 1 is 1.36 bits per heavy atom. The third kappa shape index (κ3) is 2.02. The molecule has 4 heteroatoms. The Hall–Kier alpha value is -1.58. The molecule has 0 unspecified atom stereocenters. The number of rotatable bonds is 1. The van der Waals surface area contributed by atoms with Crippen LogP contribution < -0.4 is 0 Å². The first-order chi connectivity index (χ1) is 6.86. The van der Waals surface area contributed by atoms with E-state index >= 15 is 0 Å². The summed E-state index contributed by atoms with van der Waals surface area (Å²) in [6, 6.07) is 0. The van der Waals surface area contributed by atoms with Crippen molar-refractivity contribution in [2.75, 3.05) is 0 Å². The molecule has 0 saturated carbocycles. The minimum atomic E-state index is -0.204. The Labute approximate surface area is 81.8 Å². The number of hydrogen-bond donors (Lipinski definition) is 0. The van der Waals surface area contributed by atoms with Gasteiger partial charge >= 0.3 is 0 Å². The molecule has 74 valence electrons. The molecule has 14 heavy (non-hydrogen) atoms. The van der Waals surface area contributed by atoms with Crippen LogP contribution in [0.2, 0.25) is 0 Å². The largest absolute Gasteiger partial charge is 0.469 e. The number of nitrogens with zero attached hydrogens (tertiary/aromatic N) is 2. The predicted molar refractivity (Wildman–Crippen MR) is 51.7 cm³/mol. The van der Waals surface area contributed by atoms with Crippen LogP contribution in [0.3, 0.4) is 0 Å². The van der Waals surface area contributed by atoms with Crippen LogP contribution >= 0.6 is 0 Å². The molecule has 1 heterocycles. The van der Waals surface area contributed by atoms with Crippen LogP contribution in [0.15, 0.2) is 41.9 Å². The molecule has 0 fully saturated rings. The van der Waals surface area contributed by atoms with Crippen LogP contribution in [0.4, 0.5) is 4.39 Å². The van der Waals surface area contributed by atoms with Crippen molar-refractivity contribution < 1.29 is 9.13 Å². The first-order valence-corrected chi connectivity index (χ1v) is 4.57.